The molecule has 1 spiro atoms. The third-order valence-corrected chi connectivity index (χ3v) is 8.80. The zero-order valence-corrected chi connectivity index (χ0v) is 22.2. The summed E-state index contributed by atoms with van der Waals surface area (Å²) in [4.78, 5) is 36.9. The van der Waals surface area contributed by atoms with Crippen molar-refractivity contribution >= 4 is 11.9 Å². The van der Waals surface area contributed by atoms with Crippen LogP contribution in [0.1, 0.15) is 64.9 Å². The number of fused-ring (bicyclic) bond motifs is 2. The average Bonchev–Trinajstić information content (AvgIpc) is 3.12. The van der Waals surface area contributed by atoms with Crippen molar-refractivity contribution in [2.45, 2.75) is 89.7 Å². The van der Waals surface area contributed by atoms with Gasteiger partial charge in [-0.15, -0.1) is 0 Å². The van der Waals surface area contributed by atoms with Crippen molar-refractivity contribution in [3.8, 4) is 5.75 Å². The van der Waals surface area contributed by atoms with E-state index in [4.69, 9.17) is 28.7 Å². The molecule has 1 unspecified atom stereocenters. The lowest BCUT2D eigenvalue weighted by Crippen LogP contribution is -2.70. The van der Waals surface area contributed by atoms with E-state index in [-0.39, 0.29) is 36.5 Å². The summed E-state index contributed by atoms with van der Waals surface area (Å²) in [7, 11) is 1.63. The number of carbonyl (C=O) groups is 2. The normalized spacial score (nSPS) is 38.3. The molecule has 4 aliphatic heterocycles. The van der Waals surface area contributed by atoms with Crippen LogP contribution in [0.3, 0.4) is 0 Å². The zero-order valence-electron chi connectivity index (χ0n) is 22.2. The Bertz CT molecular complexity index is 985. The monoisotopic (exact) mass is 517 g/mol. The van der Waals surface area contributed by atoms with Crippen LogP contribution in [0.5, 0.6) is 5.75 Å². The Morgan fingerprint density at radius 2 is 1.84 bits per heavy atom. The predicted octanol–water partition coefficient (Wildman–Crippen LogP) is 3.89. The summed E-state index contributed by atoms with van der Waals surface area (Å²) in [6, 6.07) is 7.72. The standard InChI is InChI=1S/C28H39NO8/c1-17-5-10-22-18(2)25(34-26-28(22)21(17)13-15-27(3,35-26)36-37-28)33-24(31)12-11-23(30)29-16-14-19-6-8-20(32-4)9-7-19/h6-9,17-18,21-22,25-26H,5,10-16H2,1-4H3,(H,29,30)/t17-,18-,21+,22+,25-,26-,27+,28?/m1/s1. The molecule has 0 aromatic heterocycles. The molecule has 1 saturated carbocycles. The number of rotatable bonds is 8. The average molecular weight is 518 g/mol. The fraction of sp³-hybridized carbons (Fsp3) is 0.714. The fourth-order valence-electron chi connectivity index (χ4n) is 6.64. The van der Waals surface area contributed by atoms with Gasteiger partial charge in [-0.3, -0.25) is 9.59 Å². The van der Waals surface area contributed by atoms with Crippen LogP contribution in [0.15, 0.2) is 24.3 Å². The largest absolute Gasteiger partial charge is 0.497 e. The Kier molecular flexibility index (Phi) is 7.51. The van der Waals surface area contributed by atoms with Gasteiger partial charge in [0.2, 0.25) is 18.0 Å². The summed E-state index contributed by atoms with van der Waals surface area (Å²) >= 11 is 0. The van der Waals surface area contributed by atoms with Crippen LogP contribution in [0.25, 0.3) is 0 Å². The molecule has 1 aromatic rings. The number of amides is 1. The molecule has 9 nitrogen and oxygen atoms in total. The molecule has 9 heteroatoms. The summed E-state index contributed by atoms with van der Waals surface area (Å²) in [5.74, 6) is -0.0294. The minimum absolute atomic E-state index is 0.0146. The number of ether oxygens (including phenoxy) is 4. The smallest absolute Gasteiger partial charge is 0.308 e. The molecule has 4 saturated heterocycles. The lowest BCUT2D eigenvalue weighted by atomic mass is 9.58. The van der Waals surface area contributed by atoms with Gasteiger partial charge in [0.1, 0.15) is 5.75 Å². The highest BCUT2D eigenvalue weighted by Gasteiger charge is 2.69. The van der Waals surface area contributed by atoms with Crippen LogP contribution < -0.4 is 10.1 Å². The van der Waals surface area contributed by atoms with E-state index in [2.05, 4.69) is 12.2 Å². The molecule has 1 N–H and O–H groups in total. The van der Waals surface area contributed by atoms with Gasteiger partial charge >= 0.3 is 5.97 Å². The van der Waals surface area contributed by atoms with E-state index in [1.807, 2.05) is 38.1 Å². The molecule has 5 aliphatic rings. The first-order valence-corrected chi connectivity index (χ1v) is 13.5. The Labute approximate surface area is 218 Å². The zero-order chi connectivity index (χ0) is 26.2. The number of hydrogen-bond donors (Lipinski definition) is 1. The maximum absolute atomic E-state index is 12.7. The van der Waals surface area contributed by atoms with Crippen LogP contribution >= 0.6 is 0 Å². The van der Waals surface area contributed by atoms with Crippen LogP contribution in [0, 0.1) is 23.7 Å². The highest BCUT2D eigenvalue weighted by Crippen LogP contribution is 2.60. The molecule has 204 valence electrons. The van der Waals surface area contributed by atoms with Gasteiger partial charge < -0.3 is 24.3 Å². The number of benzene rings is 1. The van der Waals surface area contributed by atoms with Gasteiger partial charge in [-0.05, 0) is 62.1 Å². The first-order chi connectivity index (χ1) is 17.7. The molecular weight excluding hydrogens is 478 g/mol. The lowest BCUT2D eigenvalue weighted by molar-refractivity contribution is -0.576. The SMILES string of the molecule is COc1ccc(CCNC(=O)CCC(=O)O[C@@H]2O[C@@H]3O[C@]4(C)CC[C@H]5[C@H](C)CC[C@@H]([C@H]2C)C35OO4)cc1. The van der Waals surface area contributed by atoms with E-state index in [9.17, 15) is 9.59 Å². The van der Waals surface area contributed by atoms with E-state index in [1.54, 1.807) is 7.11 Å². The van der Waals surface area contributed by atoms with Crippen molar-refractivity contribution in [1.29, 1.82) is 0 Å². The maximum atomic E-state index is 12.7. The van der Waals surface area contributed by atoms with E-state index in [1.165, 1.54) is 0 Å². The van der Waals surface area contributed by atoms with Crippen LogP contribution in [0.4, 0.5) is 0 Å². The van der Waals surface area contributed by atoms with Crippen molar-refractivity contribution < 1.29 is 38.3 Å². The van der Waals surface area contributed by atoms with Crippen molar-refractivity contribution in [2.75, 3.05) is 13.7 Å². The molecular formula is C28H39NO8. The van der Waals surface area contributed by atoms with Crippen molar-refractivity contribution in [3.05, 3.63) is 29.8 Å². The van der Waals surface area contributed by atoms with E-state index in [0.29, 0.717) is 18.9 Å². The van der Waals surface area contributed by atoms with Gasteiger partial charge in [0.25, 0.3) is 0 Å². The lowest BCUT2D eigenvalue weighted by Gasteiger charge is -2.59. The third kappa shape index (κ3) is 5.11. The van der Waals surface area contributed by atoms with Crippen LogP contribution in [0.2, 0.25) is 0 Å². The minimum atomic E-state index is -0.878. The van der Waals surface area contributed by atoms with E-state index < -0.39 is 29.9 Å². The Balaban J connectivity index is 1.13. The number of methoxy groups -OCH3 is 1. The predicted molar refractivity (Wildman–Crippen MR) is 132 cm³/mol. The minimum Gasteiger partial charge on any atom is -0.497 e. The third-order valence-electron chi connectivity index (χ3n) is 8.80. The van der Waals surface area contributed by atoms with E-state index >= 15 is 0 Å². The molecule has 1 aromatic carbocycles. The second-order valence-corrected chi connectivity index (χ2v) is 11.2. The van der Waals surface area contributed by atoms with Crippen LogP contribution in [-0.4, -0.2) is 49.5 Å². The topological polar surface area (TPSA) is 102 Å². The fourth-order valence-corrected chi connectivity index (χ4v) is 6.64. The maximum Gasteiger partial charge on any atom is 0.308 e. The first kappa shape index (κ1) is 26.4. The number of carbonyl (C=O) groups excluding carboxylic acids is 2. The quantitative estimate of drug-likeness (QED) is 0.410. The number of hydrogen-bond acceptors (Lipinski definition) is 8. The molecule has 37 heavy (non-hydrogen) atoms. The van der Waals surface area contributed by atoms with Crippen molar-refractivity contribution in [1.82, 2.24) is 5.32 Å². The Hall–Kier alpha value is -2.20. The second-order valence-electron chi connectivity index (χ2n) is 11.2. The summed E-state index contributed by atoms with van der Waals surface area (Å²) in [6.07, 6.45) is 2.99. The van der Waals surface area contributed by atoms with Gasteiger partial charge in [0.15, 0.2) is 11.9 Å². The Morgan fingerprint density at radius 3 is 2.59 bits per heavy atom. The van der Waals surface area contributed by atoms with Crippen LogP contribution in [-0.2, 0) is 40.0 Å². The van der Waals surface area contributed by atoms with Crippen molar-refractivity contribution in [2.24, 2.45) is 23.7 Å². The summed E-state index contributed by atoms with van der Waals surface area (Å²) in [5.41, 5.74) is 0.401. The van der Waals surface area contributed by atoms with Crippen molar-refractivity contribution in [3.63, 3.8) is 0 Å². The molecule has 8 atom stereocenters. The van der Waals surface area contributed by atoms with Gasteiger partial charge in [-0.25, -0.2) is 9.78 Å². The van der Waals surface area contributed by atoms with E-state index in [0.717, 1.165) is 37.0 Å². The second kappa shape index (κ2) is 10.5. The molecule has 0 radical (unpaired) electrons. The summed E-state index contributed by atoms with van der Waals surface area (Å²) in [6.45, 7) is 6.66. The Morgan fingerprint density at radius 1 is 1.05 bits per heavy atom. The number of nitrogens with one attached hydrogen (secondary N) is 1. The molecule has 5 fully saturated rings. The highest BCUT2D eigenvalue weighted by atomic mass is 17.3. The molecule has 2 bridgehead atoms. The molecule has 1 aliphatic carbocycles. The molecule has 4 heterocycles. The molecule has 6 rings (SSSR count). The van der Waals surface area contributed by atoms with Gasteiger partial charge in [-0.1, -0.05) is 26.0 Å². The summed E-state index contributed by atoms with van der Waals surface area (Å²) in [5, 5.41) is 2.87. The van der Waals surface area contributed by atoms with Gasteiger partial charge in [0.05, 0.1) is 13.5 Å². The van der Waals surface area contributed by atoms with Gasteiger partial charge in [-0.2, -0.15) is 0 Å². The first-order valence-electron chi connectivity index (χ1n) is 13.5. The summed E-state index contributed by atoms with van der Waals surface area (Å²) < 4.78 is 23.5. The molecule has 1 amide bonds. The highest BCUT2D eigenvalue weighted by molar-refractivity contribution is 5.81. The number of esters is 1. The van der Waals surface area contributed by atoms with Gasteiger partial charge in [0, 0.05) is 31.2 Å².